The number of ketones is 1. The zero-order valence-corrected chi connectivity index (χ0v) is 12.5. The van der Waals surface area contributed by atoms with Crippen molar-refractivity contribution in [1.82, 2.24) is 10.3 Å². The highest BCUT2D eigenvalue weighted by Gasteiger charge is 2.12. The molecule has 0 bridgehead atoms. The number of aromatic nitrogens is 1. The van der Waals surface area contributed by atoms with Gasteiger partial charge >= 0.3 is 0 Å². The van der Waals surface area contributed by atoms with E-state index in [2.05, 4.69) is 31.1 Å². The quantitative estimate of drug-likeness (QED) is 0.803. The smallest absolute Gasteiger partial charge is 0.165 e. The molecule has 0 radical (unpaired) electrons. The molecule has 0 spiro atoms. The van der Waals surface area contributed by atoms with Gasteiger partial charge in [-0.05, 0) is 40.7 Å². The number of carbonyl (C=O) groups is 1. The van der Waals surface area contributed by atoms with E-state index >= 15 is 0 Å². The molecule has 1 rings (SSSR count). The van der Waals surface area contributed by atoms with Crippen LogP contribution in [-0.2, 0) is 0 Å². The molecule has 1 aromatic rings. The molecule has 0 amide bonds. The number of rotatable bonds is 6. The van der Waals surface area contributed by atoms with E-state index in [4.69, 9.17) is 4.74 Å². The predicted molar refractivity (Wildman–Crippen MR) is 76.7 cm³/mol. The highest BCUT2D eigenvalue weighted by Crippen LogP contribution is 2.14. The third-order valence-corrected chi connectivity index (χ3v) is 2.41. The van der Waals surface area contributed by atoms with Gasteiger partial charge in [-0.25, -0.2) is 0 Å². The molecule has 1 N–H and O–H groups in total. The van der Waals surface area contributed by atoms with E-state index in [0.717, 1.165) is 0 Å². The van der Waals surface area contributed by atoms with Gasteiger partial charge in [-0.15, -0.1) is 0 Å². The molecule has 0 saturated heterocycles. The monoisotopic (exact) mass is 264 g/mol. The first kappa shape index (κ1) is 15.6. The number of carbonyl (C=O) groups excluding carboxylic acids is 1. The fourth-order valence-electron chi connectivity index (χ4n) is 1.60. The Morgan fingerprint density at radius 3 is 2.63 bits per heavy atom. The second-order valence-corrected chi connectivity index (χ2v) is 5.93. The minimum Gasteiger partial charge on any atom is -0.489 e. The molecule has 0 saturated carbocycles. The summed E-state index contributed by atoms with van der Waals surface area (Å²) < 4.78 is 5.53. The van der Waals surface area contributed by atoms with Gasteiger partial charge < -0.3 is 10.1 Å². The van der Waals surface area contributed by atoms with Gasteiger partial charge in [0.2, 0.25) is 0 Å². The normalized spacial score (nSPS) is 11.7. The fraction of sp³-hybridized carbons (Fsp3) is 0.600. The van der Waals surface area contributed by atoms with Crippen molar-refractivity contribution in [2.45, 2.75) is 52.7 Å². The van der Waals surface area contributed by atoms with E-state index in [1.165, 1.54) is 0 Å². The van der Waals surface area contributed by atoms with Crippen LogP contribution in [0.3, 0.4) is 0 Å². The maximum atomic E-state index is 12.0. The average Bonchev–Trinajstić information content (AvgIpc) is 2.26. The van der Waals surface area contributed by atoms with Gasteiger partial charge in [0, 0.05) is 30.3 Å². The summed E-state index contributed by atoms with van der Waals surface area (Å²) in [5, 5.41) is 3.30. The summed E-state index contributed by atoms with van der Waals surface area (Å²) in [4.78, 5) is 16.1. The van der Waals surface area contributed by atoms with Gasteiger partial charge in [0.05, 0.1) is 12.3 Å². The van der Waals surface area contributed by atoms with Crippen LogP contribution in [0, 0.1) is 0 Å². The molecule has 0 unspecified atom stereocenters. The number of Topliss-reactive ketones (excluding diaryl/α,β-unsaturated/α-hetero) is 1. The highest BCUT2D eigenvalue weighted by molar-refractivity contribution is 5.96. The fourth-order valence-corrected chi connectivity index (χ4v) is 1.60. The van der Waals surface area contributed by atoms with Crippen LogP contribution in [-0.4, -0.2) is 29.0 Å². The van der Waals surface area contributed by atoms with Crippen molar-refractivity contribution in [3.8, 4) is 5.75 Å². The Morgan fingerprint density at radius 2 is 2.05 bits per heavy atom. The molecule has 0 aliphatic carbocycles. The summed E-state index contributed by atoms with van der Waals surface area (Å²) in [6, 6.07) is 1.76. The third-order valence-electron chi connectivity index (χ3n) is 2.41. The van der Waals surface area contributed by atoms with Crippen molar-refractivity contribution >= 4 is 5.78 Å². The van der Waals surface area contributed by atoms with Gasteiger partial charge in [-0.2, -0.15) is 0 Å². The summed E-state index contributed by atoms with van der Waals surface area (Å²) in [5.74, 6) is 0.725. The Labute approximate surface area is 115 Å². The number of nitrogens with one attached hydrogen (secondary N) is 1. The Morgan fingerprint density at radius 1 is 1.37 bits per heavy atom. The summed E-state index contributed by atoms with van der Waals surface area (Å²) in [6.07, 6.45) is 3.76. The molecule has 4 heteroatoms. The first-order chi connectivity index (χ1) is 8.78. The average molecular weight is 264 g/mol. The minimum absolute atomic E-state index is 0.0289. The van der Waals surface area contributed by atoms with E-state index in [1.54, 1.807) is 18.5 Å². The van der Waals surface area contributed by atoms with Crippen LogP contribution in [0.5, 0.6) is 5.75 Å². The summed E-state index contributed by atoms with van der Waals surface area (Å²) in [7, 11) is 0. The van der Waals surface area contributed by atoms with Crippen molar-refractivity contribution in [1.29, 1.82) is 0 Å². The molecular formula is C15H24N2O2. The molecular weight excluding hydrogens is 240 g/mol. The van der Waals surface area contributed by atoms with Gasteiger partial charge in [-0.1, -0.05) is 0 Å². The second-order valence-electron chi connectivity index (χ2n) is 5.93. The van der Waals surface area contributed by atoms with Gasteiger partial charge in [0.15, 0.2) is 5.78 Å². The van der Waals surface area contributed by atoms with Gasteiger partial charge in [-0.3, -0.25) is 9.78 Å². The number of ether oxygens (including phenoxy) is 1. The summed E-state index contributed by atoms with van der Waals surface area (Å²) in [6.45, 7) is 10.8. The van der Waals surface area contributed by atoms with Crippen LogP contribution in [0.1, 0.15) is 51.4 Å². The minimum atomic E-state index is 0.0289. The Hall–Kier alpha value is -1.42. The van der Waals surface area contributed by atoms with Crippen LogP contribution >= 0.6 is 0 Å². The molecule has 19 heavy (non-hydrogen) atoms. The molecule has 1 heterocycles. The molecule has 0 fully saturated rings. The number of hydrogen-bond acceptors (Lipinski definition) is 4. The van der Waals surface area contributed by atoms with Crippen LogP contribution in [0.25, 0.3) is 0 Å². The van der Waals surface area contributed by atoms with E-state index in [9.17, 15) is 4.79 Å². The van der Waals surface area contributed by atoms with E-state index < -0.39 is 0 Å². The molecule has 0 aliphatic heterocycles. The van der Waals surface area contributed by atoms with Crippen LogP contribution in [0.2, 0.25) is 0 Å². The highest BCUT2D eigenvalue weighted by atomic mass is 16.5. The predicted octanol–water partition coefficient (Wildman–Crippen LogP) is 2.83. The number of hydrogen-bond donors (Lipinski definition) is 1. The van der Waals surface area contributed by atoms with Crippen molar-refractivity contribution in [3.63, 3.8) is 0 Å². The number of nitrogens with zero attached hydrogens (tertiary/aromatic N) is 1. The number of pyridine rings is 1. The largest absolute Gasteiger partial charge is 0.489 e. The molecule has 0 atom stereocenters. The van der Waals surface area contributed by atoms with Crippen LogP contribution in [0.15, 0.2) is 18.5 Å². The van der Waals surface area contributed by atoms with Crippen molar-refractivity contribution in [2.24, 2.45) is 0 Å². The standard InChI is InChI=1S/C15H24N2O2/c1-11(2)19-13-8-12(9-16-10-13)14(18)6-7-17-15(3,4)5/h8-11,17H,6-7H2,1-5H3. The lowest BCUT2D eigenvalue weighted by Gasteiger charge is -2.20. The van der Waals surface area contributed by atoms with E-state index in [-0.39, 0.29) is 17.4 Å². The Kier molecular flexibility index (Phi) is 5.48. The van der Waals surface area contributed by atoms with Crippen molar-refractivity contribution in [3.05, 3.63) is 24.0 Å². The van der Waals surface area contributed by atoms with E-state index in [1.807, 2.05) is 13.8 Å². The molecule has 0 aromatic carbocycles. The maximum Gasteiger partial charge on any atom is 0.165 e. The first-order valence-electron chi connectivity index (χ1n) is 6.68. The molecule has 106 valence electrons. The van der Waals surface area contributed by atoms with Gasteiger partial charge in [0.1, 0.15) is 5.75 Å². The third kappa shape index (κ3) is 6.34. The lowest BCUT2D eigenvalue weighted by atomic mass is 10.1. The zero-order valence-electron chi connectivity index (χ0n) is 12.5. The van der Waals surface area contributed by atoms with Crippen LogP contribution < -0.4 is 10.1 Å². The Bertz CT molecular complexity index is 422. The van der Waals surface area contributed by atoms with Crippen molar-refractivity contribution in [2.75, 3.05) is 6.54 Å². The molecule has 4 nitrogen and oxygen atoms in total. The van der Waals surface area contributed by atoms with Crippen molar-refractivity contribution < 1.29 is 9.53 Å². The zero-order chi connectivity index (χ0) is 14.5. The molecule has 0 aliphatic rings. The molecule has 1 aromatic heterocycles. The summed E-state index contributed by atoms with van der Waals surface area (Å²) in [5.41, 5.74) is 0.634. The van der Waals surface area contributed by atoms with Crippen LogP contribution in [0.4, 0.5) is 0 Å². The SMILES string of the molecule is CC(C)Oc1cncc(C(=O)CCNC(C)(C)C)c1. The topological polar surface area (TPSA) is 51.2 Å². The second kappa shape index (κ2) is 6.66. The first-order valence-corrected chi connectivity index (χ1v) is 6.68. The van der Waals surface area contributed by atoms with Gasteiger partial charge in [0.25, 0.3) is 0 Å². The van der Waals surface area contributed by atoms with E-state index in [0.29, 0.717) is 24.3 Å². The maximum absolute atomic E-state index is 12.0. The lowest BCUT2D eigenvalue weighted by Crippen LogP contribution is -2.37. The summed E-state index contributed by atoms with van der Waals surface area (Å²) >= 11 is 0. The Balaban J connectivity index is 2.57. The lowest BCUT2D eigenvalue weighted by molar-refractivity contribution is 0.0979.